The monoisotopic (exact) mass is 208 g/mol. The fraction of sp³-hybridized carbons (Fsp3) is 0.143. The van der Waals surface area contributed by atoms with E-state index in [9.17, 15) is 0 Å². The topological polar surface area (TPSA) is 9.23 Å². The fourth-order valence-electron chi connectivity index (χ4n) is 0.741. The predicted octanol–water partition coefficient (Wildman–Crippen LogP) is 1.38. The van der Waals surface area contributed by atoms with Crippen LogP contribution in [0.15, 0.2) is 30.3 Å². The molecule has 0 fully saturated rings. The van der Waals surface area contributed by atoms with E-state index in [1.54, 1.807) is 7.11 Å². The molecule has 0 unspecified atom stereocenters. The summed E-state index contributed by atoms with van der Waals surface area (Å²) in [5.41, 5.74) is 0. The van der Waals surface area contributed by atoms with Crippen molar-refractivity contribution in [1.82, 2.24) is 0 Å². The van der Waals surface area contributed by atoms with E-state index in [-0.39, 0.29) is 12.4 Å². The second kappa shape index (κ2) is 5.85. The van der Waals surface area contributed by atoms with Crippen LogP contribution in [-0.2, 0) is 21.1 Å². The van der Waals surface area contributed by atoms with Gasteiger partial charge in [0.1, 0.15) is 0 Å². The van der Waals surface area contributed by atoms with Crippen molar-refractivity contribution in [3.05, 3.63) is 30.3 Å². The van der Waals surface area contributed by atoms with Crippen molar-refractivity contribution < 1.29 is 21.1 Å². The zero-order chi connectivity index (χ0) is 6.53. The molecular formula is C7H9ClOZn. The van der Waals surface area contributed by atoms with Gasteiger partial charge in [-0.25, -0.2) is 0 Å². The Balaban J connectivity index is 0.000000810. The van der Waals surface area contributed by atoms with E-state index in [2.05, 4.69) is 24.3 Å². The van der Waals surface area contributed by atoms with Gasteiger partial charge in [-0.3, -0.25) is 0 Å². The summed E-state index contributed by atoms with van der Waals surface area (Å²) in [7, 11) is 1.78. The van der Waals surface area contributed by atoms with E-state index in [0.717, 1.165) is 0 Å². The van der Waals surface area contributed by atoms with Crippen molar-refractivity contribution in [2.75, 3.05) is 7.11 Å². The molecule has 0 aliphatic carbocycles. The summed E-state index contributed by atoms with van der Waals surface area (Å²) < 4.78 is 6.53. The van der Waals surface area contributed by atoms with Crippen LogP contribution in [0.25, 0.3) is 0 Å². The number of halogens is 1. The molecule has 1 aromatic rings. The molecule has 0 atom stereocenters. The van der Waals surface area contributed by atoms with Crippen molar-refractivity contribution in [3.8, 4) is 0 Å². The molecule has 3 heteroatoms. The average Bonchev–Trinajstić information content (AvgIpc) is 1.91. The van der Waals surface area contributed by atoms with E-state index in [0.29, 0.717) is 0 Å². The second-order valence-corrected chi connectivity index (χ2v) is 5.45. The van der Waals surface area contributed by atoms with Gasteiger partial charge in [-0.15, -0.1) is 12.4 Å². The van der Waals surface area contributed by atoms with Crippen LogP contribution in [-0.4, -0.2) is 7.11 Å². The molecule has 0 spiro atoms. The standard InChI is InChI=1S/C6H5.CH3O.ClH.Zn/c1-2-4-6-5-3-1;1-2;;/h1-5H;1H3;1H;/q;-1;;+1. The van der Waals surface area contributed by atoms with Gasteiger partial charge in [0.05, 0.1) is 0 Å². The Hall–Kier alpha value is 0.0934. The van der Waals surface area contributed by atoms with Gasteiger partial charge >= 0.3 is 62.6 Å². The van der Waals surface area contributed by atoms with Crippen LogP contribution < -0.4 is 4.16 Å². The minimum absolute atomic E-state index is 0. The van der Waals surface area contributed by atoms with Gasteiger partial charge < -0.3 is 0 Å². The fourth-order valence-corrected chi connectivity index (χ4v) is 2.42. The first-order valence-corrected chi connectivity index (χ1v) is 5.66. The van der Waals surface area contributed by atoms with Crippen molar-refractivity contribution >= 4 is 16.6 Å². The summed E-state index contributed by atoms with van der Waals surface area (Å²) in [5, 5.41) is 0. The molecule has 0 saturated heterocycles. The maximum atomic E-state index is 5.12. The smallest absolute Gasteiger partial charge is 0.147 e. The molecule has 1 nitrogen and oxygen atoms in total. The molecule has 0 saturated carbocycles. The van der Waals surface area contributed by atoms with Crippen molar-refractivity contribution in [2.45, 2.75) is 0 Å². The summed E-state index contributed by atoms with van der Waals surface area (Å²) in [6.07, 6.45) is 0. The summed E-state index contributed by atoms with van der Waals surface area (Å²) in [6.45, 7) is 0. The third-order valence-corrected chi connectivity index (χ3v) is 3.45. The van der Waals surface area contributed by atoms with E-state index < -0.39 is 17.5 Å². The maximum Gasteiger partial charge on any atom is -0.147 e. The van der Waals surface area contributed by atoms with E-state index in [1.807, 2.05) is 6.07 Å². The molecule has 0 aliphatic heterocycles. The third-order valence-electron chi connectivity index (χ3n) is 1.15. The second-order valence-electron chi connectivity index (χ2n) is 1.92. The van der Waals surface area contributed by atoms with Gasteiger partial charge in [0.15, 0.2) is 0 Å². The van der Waals surface area contributed by atoms with Crippen LogP contribution >= 0.6 is 12.4 Å². The van der Waals surface area contributed by atoms with Gasteiger partial charge in [0.25, 0.3) is 0 Å². The molecule has 0 bridgehead atoms. The first kappa shape index (κ1) is 10.1. The minimum atomic E-state index is -0.790. The number of rotatable bonds is 2. The first-order valence-electron chi connectivity index (χ1n) is 2.96. The molecule has 0 N–H and O–H groups in total. The van der Waals surface area contributed by atoms with Crippen molar-refractivity contribution in [2.24, 2.45) is 0 Å². The summed E-state index contributed by atoms with van der Waals surface area (Å²) in [4.78, 5) is 0. The van der Waals surface area contributed by atoms with Gasteiger partial charge in [-0.05, 0) is 0 Å². The van der Waals surface area contributed by atoms with Gasteiger partial charge in [-0.1, -0.05) is 0 Å². The number of hydrogen-bond donors (Lipinski definition) is 0. The maximum absolute atomic E-state index is 5.12. The average molecular weight is 210 g/mol. The number of benzene rings is 1. The molecule has 10 heavy (non-hydrogen) atoms. The van der Waals surface area contributed by atoms with Crippen LogP contribution in [0.2, 0.25) is 0 Å². The van der Waals surface area contributed by atoms with Crippen LogP contribution in [0.1, 0.15) is 0 Å². The summed E-state index contributed by atoms with van der Waals surface area (Å²) in [6, 6.07) is 10.4. The Morgan fingerprint density at radius 3 is 2.30 bits per heavy atom. The molecule has 0 aliphatic rings. The zero-order valence-corrected chi connectivity index (χ0v) is 9.69. The van der Waals surface area contributed by atoms with Gasteiger partial charge in [0.2, 0.25) is 0 Å². The van der Waals surface area contributed by atoms with Crippen LogP contribution in [0, 0.1) is 0 Å². The summed E-state index contributed by atoms with van der Waals surface area (Å²) in [5.74, 6) is 0. The Morgan fingerprint density at radius 1 is 1.20 bits per heavy atom. The quantitative estimate of drug-likeness (QED) is 0.670. The van der Waals surface area contributed by atoms with Crippen LogP contribution in [0.4, 0.5) is 0 Å². The first-order chi connectivity index (χ1) is 4.43. The molecule has 1 aromatic carbocycles. The predicted molar refractivity (Wildman–Crippen MR) is 40.3 cm³/mol. The normalized spacial score (nSPS) is 7.70. The van der Waals surface area contributed by atoms with Crippen molar-refractivity contribution in [1.29, 1.82) is 0 Å². The van der Waals surface area contributed by atoms with Gasteiger partial charge in [-0.2, -0.15) is 0 Å². The zero-order valence-electron chi connectivity index (χ0n) is 5.91. The number of hydrogen-bond acceptors (Lipinski definition) is 1. The molecule has 1 rings (SSSR count). The van der Waals surface area contributed by atoms with Gasteiger partial charge in [0, 0.05) is 0 Å². The molecule has 52 valence electrons. The van der Waals surface area contributed by atoms with E-state index in [1.165, 1.54) is 4.16 Å². The minimum Gasteiger partial charge on any atom is -0.147 e. The Morgan fingerprint density at radius 2 is 1.80 bits per heavy atom. The Labute approximate surface area is 75.2 Å². The van der Waals surface area contributed by atoms with Crippen molar-refractivity contribution in [3.63, 3.8) is 0 Å². The molecular weight excluding hydrogens is 201 g/mol. The molecule has 0 amide bonds. The SMILES string of the molecule is C[O][Zn][c]1ccccc1.Cl. The van der Waals surface area contributed by atoms with Crippen LogP contribution in [0.5, 0.6) is 0 Å². The third kappa shape index (κ3) is 3.31. The Kier molecular flexibility index (Phi) is 5.90. The largest absolute Gasteiger partial charge is 0.147 e. The summed E-state index contributed by atoms with van der Waals surface area (Å²) >= 11 is -0.790. The molecule has 0 aromatic heterocycles. The molecule has 0 heterocycles. The molecule has 0 radical (unpaired) electrons. The van der Waals surface area contributed by atoms with E-state index in [4.69, 9.17) is 3.56 Å². The van der Waals surface area contributed by atoms with E-state index >= 15 is 0 Å². The Bertz CT molecular complexity index is 167. The van der Waals surface area contributed by atoms with Crippen LogP contribution in [0.3, 0.4) is 0 Å².